The van der Waals surface area contributed by atoms with Crippen LogP contribution in [0.3, 0.4) is 0 Å². The van der Waals surface area contributed by atoms with Crippen LogP contribution in [-0.4, -0.2) is 35.6 Å². The second-order valence-electron chi connectivity index (χ2n) is 6.05. The van der Waals surface area contributed by atoms with Gasteiger partial charge in [0.25, 0.3) is 11.5 Å². The van der Waals surface area contributed by atoms with Crippen LogP contribution in [0.1, 0.15) is 26.5 Å². The van der Waals surface area contributed by atoms with Gasteiger partial charge in [0.15, 0.2) is 0 Å². The Hall–Kier alpha value is -3.94. The van der Waals surface area contributed by atoms with Crippen molar-refractivity contribution >= 4 is 17.6 Å². The van der Waals surface area contributed by atoms with Crippen LogP contribution in [0.2, 0.25) is 0 Å². The van der Waals surface area contributed by atoms with Crippen LogP contribution >= 0.6 is 0 Å². The Labute approximate surface area is 166 Å². The fourth-order valence-corrected chi connectivity index (χ4v) is 2.68. The highest BCUT2D eigenvalue weighted by molar-refractivity contribution is 6.04. The van der Waals surface area contributed by atoms with Crippen LogP contribution in [0.5, 0.6) is 5.75 Å². The molecular formula is C21H19N3O5. The summed E-state index contributed by atoms with van der Waals surface area (Å²) >= 11 is 0. The summed E-state index contributed by atoms with van der Waals surface area (Å²) in [4.78, 5) is 41.5. The molecule has 8 nitrogen and oxygen atoms in total. The molecular weight excluding hydrogens is 374 g/mol. The second-order valence-corrected chi connectivity index (χ2v) is 6.05. The summed E-state index contributed by atoms with van der Waals surface area (Å²) in [6.45, 7) is 0.0648. The summed E-state index contributed by atoms with van der Waals surface area (Å²) in [5, 5.41) is 2.55. The Balaban J connectivity index is 1.97. The van der Waals surface area contributed by atoms with E-state index in [9.17, 15) is 14.4 Å². The van der Waals surface area contributed by atoms with Gasteiger partial charge in [0.1, 0.15) is 11.4 Å². The standard InChI is InChI=1S/C21H19N3O5/c1-28-16-10-8-14(9-11-16)13-24-18(21(27)29-2)22-12-17(20(24)26)23-19(25)15-6-4-3-5-7-15/h3-12H,13H2,1-2H3,(H,23,25). The summed E-state index contributed by atoms with van der Waals surface area (Å²) < 4.78 is 11.0. The van der Waals surface area contributed by atoms with Gasteiger partial charge in [0.05, 0.1) is 27.0 Å². The molecule has 0 aliphatic carbocycles. The molecule has 3 rings (SSSR count). The first-order valence-electron chi connectivity index (χ1n) is 8.71. The van der Waals surface area contributed by atoms with E-state index in [0.29, 0.717) is 11.3 Å². The fraction of sp³-hybridized carbons (Fsp3) is 0.143. The molecule has 1 amide bonds. The van der Waals surface area contributed by atoms with Crippen molar-refractivity contribution < 1.29 is 19.1 Å². The van der Waals surface area contributed by atoms with E-state index in [0.717, 1.165) is 16.3 Å². The van der Waals surface area contributed by atoms with Crippen LogP contribution in [-0.2, 0) is 11.3 Å². The number of amides is 1. The molecule has 1 N–H and O–H groups in total. The lowest BCUT2D eigenvalue weighted by Crippen LogP contribution is -2.31. The molecule has 148 valence electrons. The van der Waals surface area contributed by atoms with Crippen LogP contribution in [0.4, 0.5) is 5.69 Å². The monoisotopic (exact) mass is 393 g/mol. The maximum absolute atomic E-state index is 13.0. The summed E-state index contributed by atoms with van der Waals surface area (Å²) in [6, 6.07) is 15.5. The van der Waals surface area contributed by atoms with Gasteiger partial charge in [-0.1, -0.05) is 30.3 Å². The zero-order valence-corrected chi connectivity index (χ0v) is 15.9. The van der Waals surface area contributed by atoms with Crippen LogP contribution in [0, 0.1) is 0 Å². The van der Waals surface area contributed by atoms with Crippen molar-refractivity contribution in [2.24, 2.45) is 0 Å². The molecule has 0 fully saturated rings. The van der Waals surface area contributed by atoms with Gasteiger partial charge < -0.3 is 14.8 Å². The number of rotatable bonds is 6. The Morgan fingerprint density at radius 3 is 2.34 bits per heavy atom. The maximum atomic E-state index is 13.0. The minimum absolute atomic E-state index is 0.0417. The van der Waals surface area contributed by atoms with E-state index in [-0.39, 0.29) is 18.1 Å². The average Bonchev–Trinajstić information content (AvgIpc) is 2.77. The van der Waals surface area contributed by atoms with Gasteiger partial charge in [-0.3, -0.25) is 14.2 Å². The minimum atomic E-state index is -0.753. The zero-order valence-electron chi connectivity index (χ0n) is 15.9. The number of nitrogens with one attached hydrogen (secondary N) is 1. The Bertz CT molecular complexity index is 1080. The third-order valence-corrected chi connectivity index (χ3v) is 4.20. The van der Waals surface area contributed by atoms with Gasteiger partial charge in [-0.15, -0.1) is 0 Å². The van der Waals surface area contributed by atoms with Gasteiger partial charge in [-0.25, -0.2) is 9.78 Å². The lowest BCUT2D eigenvalue weighted by molar-refractivity contribution is 0.0579. The summed E-state index contributed by atoms with van der Waals surface area (Å²) in [5.74, 6) is -0.704. The summed E-state index contributed by atoms with van der Waals surface area (Å²) in [5.41, 5.74) is 0.526. The third-order valence-electron chi connectivity index (χ3n) is 4.20. The molecule has 0 aliphatic heterocycles. The normalized spacial score (nSPS) is 10.3. The van der Waals surface area contributed by atoms with E-state index in [1.807, 2.05) is 0 Å². The van der Waals surface area contributed by atoms with E-state index in [2.05, 4.69) is 10.3 Å². The number of hydrogen-bond acceptors (Lipinski definition) is 6. The molecule has 0 atom stereocenters. The van der Waals surface area contributed by atoms with E-state index < -0.39 is 17.4 Å². The van der Waals surface area contributed by atoms with E-state index in [4.69, 9.17) is 9.47 Å². The highest BCUT2D eigenvalue weighted by atomic mass is 16.5. The van der Waals surface area contributed by atoms with Gasteiger partial charge in [-0.2, -0.15) is 0 Å². The molecule has 0 spiro atoms. The number of benzene rings is 2. The van der Waals surface area contributed by atoms with Crippen molar-refractivity contribution in [3.05, 3.63) is 88.1 Å². The van der Waals surface area contributed by atoms with Crippen molar-refractivity contribution in [2.75, 3.05) is 19.5 Å². The van der Waals surface area contributed by atoms with E-state index in [1.54, 1.807) is 61.7 Å². The number of anilines is 1. The molecule has 29 heavy (non-hydrogen) atoms. The van der Waals surface area contributed by atoms with Gasteiger partial charge in [-0.05, 0) is 29.8 Å². The number of ether oxygens (including phenoxy) is 2. The molecule has 0 bridgehead atoms. The lowest BCUT2D eigenvalue weighted by Gasteiger charge is -2.13. The highest BCUT2D eigenvalue weighted by Crippen LogP contribution is 2.13. The topological polar surface area (TPSA) is 99.5 Å². The molecule has 0 saturated carbocycles. The van der Waals surface area contributed by atoms with Crippen molar-refractivity contribution in [3.63, 3.8) is 0 Å². The average molecular weight is 393 g/mol. The molecule has 0 unspecified atom stereocenters. The third kappa shape index (κ3) is 4.49. The SMILES string of the molecule is COC(=O)c1ncc(NC(=O)c2ccccc2)c(=O)n1Cc1ccc(OC)cc1. The molecule has 1 heterocycles. The maximum Gasteiger partial charge on any atom is 0.374 e. The first-order valence-corrected chi connectivity index (χ1v) is 8.71. The van der Waals surface area contributed by atoms with Gasteiger partial charge >= 0.3 is 5.97 Å². The molecule has 0 saturated heterocycles. The molecule has 0 aliphatic rings. The molecule has 3 aromatic rings. The number of carbonyl (C=O) groups excluding carboxylic acids is 2. The van der Waals surface area contributed by atoms with Crippen molar-refractivity contribution in [3.8, 4) is 5.75 Å². The number of esters is 1. The number of aromatic nitrogens is 2. The molecule has 2 aromatic carbocycles. The summed E-state index contributed by atoms with van der Waals surface area (Å²) in [6.07, 6.45) is 1.15. The second kappa shape index (κ2) is 8.83. The molecule has 0 radical (unpaired) electrons. The number of methoxy groups -OCH3 is 2. The molecule has 8 heteroatoms. The predicted octanol–water partition coefficient (Wildman–Crippen LogP) is 2.34. The summed E-state index contributed by atoms with van der Waals surface area (Å²) in [7, 11) is 2.76. The smallest absolute Gasteiger partial charge is 0.374 e. The molecule has 1 aromatic heterocycles. The quantitative estimate of drug-likeness (QED) is 0.646. The Kier molecular flexibility index (Phi) is 6.03. The number of hydrogen-bond donors (Lipinski definition) is 1. The first-order chi connectivity index (χ1) is 14.0. The van der Waals surface area contributed by atoms with Crippen LogP contribution < -0.4 is 15.6 Å². The largest absolute Gasteiger partial charge is 0.497 e. The van der Waals surface area contributed by atoms with Gasteiger partial charge in [0, 0.05) is 5.56 Å². The predicted molar refractivity (Wildman–Crippen MR) is 106 cm³/mol. The van der Waals surface area contributed by atoms with E-state index in [1.165, 1.54) is 7.11 Å². The van der Waals surface area contributed by atoms with Crippen molar-refractivity contribution in [1.82, 2.24) is 9.55 Å². The van der Waals surface area contributed by atoms with Crippen molar-refractivity contribution in [2.45, 2.75) is 6.54 Å². The number of nitrogens with zero attached hydrogens (tertiary/aromatic N) is 2. The van der Waals surface area contributed by atoms with Crippen LogP contribution in [0.15, 0.2) is 65.6 Å². The Morgan fingerprint density at radius 1 is 1.03 bits per heavy atom. The van der Waals surface area contributed by atoms with Crippen LogP contribution in [0.25, 0.3) is 0 Å². The van der Waals surface area contributed by atoms with Crippen molar-refractivity contribution in [1.29, 1.82) is 0 Å². The zero-order chi connectivity index (χ0) is 20.8. The minimum Gasteiger partial charge on any atom is -0.497 e. The first kappa shape index (κ1) is 19.8. The lowest BCUT2D eigenvalue weighted by atomic mass is 10.2. The fourth-order valence-electron chi connectivity index (χ4n) is 2.68. The number of carbonyl (C=O) groups is 2. The van der Waals surface area contributed by atoms with E-state index >= 15 is 0 Å². The van der Waals surface area contributed by atoms with Gasteiger partial charge in [0.2, 0.25) is 5.82 Å². The highest BCUT2D eigenvalue weighted by Gasteiger charge is 2.19. The Morgan fingerprint density at radius 2 is 1.72 bits per heavy atom.